The first kappa shape index (κ1) is 18.0. The summed E-state index contributed by atoms with van der Waals surface area (Å²) in [5.41, 5.74) is 2.05. The molecule has 3 nitrogen and oxygen atoms in total. The van der Waals surface area contributed by atoms with E-state index in [0.29, 0.717) is 24.2 Å². The highest BCUT2D eigenvalue weighted by atomic mass is 19.1. The van der Waals surface area contributed by atoms with Crippen molar-refractivity contribution in [1.29, 1.82) is 0 Å². The first-order valence-electron chi connectivity index (χ1n) is 8.06. The molecule has 0 saturated heterocycles. The molecule has 24 heavy (non-hydrogen) atoms. The number of aliphatic carboxylic acids is 1. The fraction of sp³-hybridized carbons (Fsp3) is 0.350. The minimum absolute atomic E-state index is 0.302. The highest BCUT2D eigenvalue weighted by Crippen LogP contribution is 2.30. The average molecular weight is 329 g/mol. The summed E-state index contributed by atoms with van der Waals surface area (Å²) in [6.07, 6.45) is 0.302. The third-order valence-corrected chi connectivity index (χ3v) is 4.08. The zero-order valence-electron chi connectivity index (χ0n) is 14.3. The molecule has 0 fully saturated rings. The lowest BCUT2D eigenvalue weighted by molar-refractivity contribution is -0.145. The van der Waals surface area contributed by atoms with Gasteiger partial charge in [-0.3, -0.25) is 4.79 Å². The smallest absolute Gasteiger partial charge is 0.307 e. The highest BCUT2D eigenvalue weighted by molar-refractivity contribution is 5.71. The van der Waals surface area contributed by atoms with E-state index in [0.717, 1.165) is 5.56 Å². The number of rotatable bonds is 6. The topological polar surface area (TPSA) is 49.3 Å². The van der Waals surface area contributed by atoms with Crippen molar-refractivity contribution in [2.24, 2.45) is 11.3 Å². The van der Waals surface area contributed by atoms with Crippen LogP contribution in [0.2, 0.25) is 0 Å². The number of carboxylic acids is 1. The van der Waals surface area contributed by atoms with Crippen LogP contribution in [-0.4, -0.2) is 11.1 Å². The Morgan fingerprint density at radius 1 is 1.12 bits per heavy atom. The van der Waals surface area contributed by atoms with Gasteiger partial charge in [0.25, 0.3) is 0 Å². The van der Waals surface area contributed by atoms with Crippen LogP contribution in [0.1, 0.15) is 31.9 Å². The second kappa shape index (κ2) is 7.47. The molecule has 1 atom stereocenters. The normalized spacial score (nSPS) is 12.7. The van der Waals surface area contributed by atoms with Crippen molar-refractivity contribution in [3.05, 3.63) is 65.5 Å². The van der Waals surface area contributed by atoms with Crippen LogP contribution in [0.3, 0.4) is 0 Å². The minimum Gasteiger partial charge on any atom is -0.481 e. The quantitative estimate of drug-likeness (QED) is 0.805. The summed E-state index contributed by atoms with van der Waals surface area (Å²) < 4.78 is 13.9. The van der Waals surface area contributed by atoms with Crippen molar-refractivity contribution in [3.63, 3.8) is 0 Å². The van der Waals surface area contributed by atoms with Gasteiger partial charge in [-0.1, -0.05) is 51.1 Å². The van der Waals surface area contributed by atoms with Crippen LogP contribution >= 0.6 is 0 Å². The van der Waals surface area contributed by atoms with E-state index in [1.54, 1.807) is 0 Å². The summed E-state index contributed by atoms with van der Waals surface area (Å²) in [4.78, 5) is 11.5. The number of halogens is 1. The molecule has 0 aliphatic heterocycles. The lowest BCUT2D eigenvalue weighted by atomic mass is 9.77. The number of carbonyl (C=O) groups is 1. The van der Waals surface area contributed by atoms with Crippen LogP contribution in [0.25, 0.3) is 0 Å². The molecule has 128 valence electrons. The van der Waals surface area contributed by atoms with Gasteiger partial charge in [0.1, 0.15) is 5.82 Å². The fourth-order valence-corrected chi connectivity index (χ4v) is 2.67. The van der Waals surface area contributed by atoms with Gasteiger partial charge in [-0.05, 0) is 41.2 Å². The van der Waals surface area contributed by atoms with Gasteiger partial charge in [0.05, 0.1) is 5.92 Å². The molecule has 1 unspecified atom stereocenters. The Hall–Kier alpha value is -2.36. The van der Waals surface area contributed by atoms with Crippen LogP contribution in [0.5, 0.6) is 0 Å². The fourth-order valence-electron chi connectivity index (χ4n) is 2.67. The van der Waals surface area contributed by atoms with Gasteiger partial charge in [0.2, 0.25) is 0 Å². The lowest BCUT2D eigenvalue weighted by Crippen LogP contribution is -2.30. The van der Waals surface area contributed by atoms with Crippen molar-refractivity contribution in [2.75, 3.05) is 5.32 Å². The minimum atomic E-state index is -0.856. The Labute approximate surface area is 142 Å². The van der Waals surface area contributed by atoms with Crippen LogP contribution in [-0.2, 0) is 17.8 Å². The van der Waals surface area contributed by atoms with Crippen molar-refractivity contribution < 1.29 is 14.3 Å². The Kier molecular flexibility index (Phi) is 5.60. The number of hydrogen-bond acceptors (Lipinski definition) is 2. The molecule has 2 N–H and O–H groups in total. The van der Waals surface area contributed by atoms with E-state index in [9.17, 15) is 14.3 Å². The monoisotopic (exact) mass is 329 g/mol. The molecule has 0 spiro atoms. The molecular formula is C20H24FNO2. The predicted molar refractivity (Wildman–Crippen MR) is 94.5 cm³/mol. The van der Waals surface area contributed by atoms with Crippen LogP contribution in [0.4, 0.5) is 10.1 Å². The van der Waals surface area contributed by atoms with Crippen LogP contribution in [0.15, 0.2) is 48.5 Å². The molecule has 0 saturated carbocycles. The first-order valence-corrected chi connectivity index (χ1v) is 8.06. The first-order chi connectivity index (χ1) is 11.3. The molecule has 0 bridgehead atoms. The van der Waals surface area contributed by atoms with Gasteiger partial charge in [0.15, 0.2) is 0 Å². The van der Waals surface area contributed by atoms with Gasteiger partial charge in [-0.25, -0.2) is 4.39 Å². The van der Waals surface area contributed by atoms with Gasteiger partial charge in [-0.2, -0.15) is 0 Å². The van der Waals surface area contributed by atoms with E-state index < -0.39 is 17.3 Å². The SMILES string of the molecule is CC(C)(C)C(Cc1cc(F)cc(NCc2ccccc2)c1)C(=O)O. The zero-order chi connectivity index (χ0) is 17.7. The van der Waals surface area contributed by atoms with Crippen molar-refractivity contribution >= 4 is 11.7 Å². The average Bonchev–Trinajstić information content (AvgIpc) is 2.50. The standard InChI is InChI=1S/C20H24FNO2/c1-20(2,3)18(19(23)24)11-15-9-16(21)12-17(10-15)22-13-14-7-5-4-6-8-14/h4-10,12,18,22H,11,13H2,1-3H3,(H,23,24). The number of anilines is 1. The largest absolute Gasteiger partial charge is 0.481 e. The molecule has 0 aromatic heterocycles. The van der Waals surface area contributed by atoms with Crippen LogP contribution in [0, 0.1) is 17.2 Å². The van der Waals surface area contributed by atoms with Crippen molar-refractivity contribution in [2.45, 2.75) is 33.7 Å². The number of carboxylic acid groups (broad SMARTS) is 1. The van der Waals surface area contributed by atoms with Crippen molar-refractivity contribution in [3.8, 4) is 0 Å². The maximum atomic E-state index is 13.9. The second-order valence-corrected chi connectivity index (χ2v) is 7.15. The van der Waals surface area contributed by atoms with E-state index >= 15 is 0 Å². The Bertz CT molecular complexity index is 693. The highest BCUT2D eigenvalue weighted by Gasteiger charge is 2.31. The Balaban J connectivity index is 2.14. The molecule has 0 heterocycles. The summed E-state index contributed by atoms with van der Waals surface area (Å²) in [6.45, 7) is 6.25. The molecule has 0 aliphatic carbocycles. The Morgan fingerprint density at radius 2 is 1.79 bits per heavy atom. The molecule has 2 aromatic rings. The second-order valence-electron chi connectivity index (χ2n) is 7.15. The third kappa shape index (κ3) is 5.08. The van der Waals surface area contributed by atoms with Gasteiger partial charge in [-0.15, -0.1) is 0 Å². The number of benzene rings is 2. The lowest BCUT2D eigenvalue weighted by Gasteiger charge is -2.27. The maximum Gasteiger partial charge on any atom is 0.307 e. The molecule has 2 aromatic carbocycles. The maximum absolute atomic E-state index is 13.9. The number of hydrogen-bond donors (Lipinski definition) is 2. The van der Waals surface area contributed by atoms with E-state index in [1.807, 2.05) is 57.2 Å². The summed E-state index contributed by atoms with van der Waals surface area (Å²) in [7, 11) is 0. The number of nitrogens with one attached hydrogen (secondary N) is 1. The van der Waals surface area contributed by atoms with E-state index in [2.05, 4.69) is 5.32 Å². The molecule has 0 radical (unpaired) electrons. The molecule has 0 aliphatic rings. The van der Waals surface area contributed by atoms with Gasteiger partial charge in [0, 0.05) is 12.2 Å². The summed E-state index contributed by atoms with van der Waals surface area (Å²) in [5.74, 6) is -1.78. The predicted octanol–water partition coefficient (Wildman–Crippen LogP) is 4.73. The van der Waals surface area contributed by atoms with Gasteiger partial charge < -0.3 is 10.4 Å². The van der Waals surface area contributed by atoms with Crippen LogP contribution < -0.4 is 5.32 Å². The van der Waals surface area contributed by atoms with E-state index in [4.69, 9.17) is 0 Å². The van der Waals surface area contributed by atoms with Gasteiger partial charge >= 0.3 is 5.97 Å². The Morgan fingerprint density at radius 3 is 2.38 bits per heavy atom. The van der Waals surface area contributed by atoms with E-state index in [1.165, 1.54) is 12.1 Å². The molecule has 2 rings (SSSR count). The zero-order valence-corrected chi connectivity index (χ0v) is 14.3. The molecular weight excluding hydrogens is 305 g/mol. The molecule has 0 amide bonds. The molecule has 4 heteroatoms. The summed E-state index contributed by atoms with van der Waals surface area (Å²) in [6, 6.07) is 14.5. The summed E-state index contributed by atoms with van der Waals surface area (Å²) >= 11 is 0. The summed E-state index contributed by atoms with van der Waals surface area (Å²) in [5, 5.41) is 12.6. The van der Waals surface area contributed by atoms with E-state index in [-0.39, 0.29) is 5.82 Å². The third-order valence-electron chi connectivity index (χ3n) is 4.08. The van der Waals surface area contributed by atoms with Crippen molar-refractivity contribution in [1.82, 2.24) is 0 Å².